The van der Waals surface area contributed by atoms with E-state index in [4.69, 9.17) is 16.3 Å². The Bertz CT molecular complexity index is 1100. The Balaban J connectivity index is 1.92. The van der Waals surface area contributed by atoms with Gasteiger partial charge in [0.2, 0.25) is 5.91 Å². The first-order chi connectivity index (χ1) is 16.4. The summed E-state index contributed by atoms with van der Waals surface area (Å²) in [5.74, 6) is -0.713. The summed E-state index contributed by atoms with van der Waals surface area (Å²) in [7, 11) is 0. The molecule has 0 aliphatic heterocycles. The molecule has 3 amide bonds. The van der Waals surface area contributed by atoms with E-state index >= 15 is 0 Å². The van der Waals surface area contributed by atoms with E-state index in [-0.39, 0.29) is 24.4 Å². The Kier molecular flexibility index (Phi) is 8.11. The molecular weight excluding hydrogens is 466 g/mol. The molecule has 0 radical (unpaired) electrons. The lowest BCUT2D eigenvalue weighted by Gasteiger charge is -2.32. The smallest absolute Gasteiger partial charge is 0.408 e. The summed E-state index contributed by atoms with van der Waals surface area (Å²) in [4.78, 5) is 40.9. The van der Waals surface area contributed by atoms with E-state index in [0.717, 1.165) is 29.5 Å². The standard InChI is InChI=1S/C27H34ClN3O4/c1-16-10-11-19(14-18(16)3)24(25(33)30-23-17(2)8-7-9-21(23)28)31(20-12-13-20)22(32)15-29-26(34)35-27(4,5)6/h7-11,14,20,24H,12-13,15H2,1-6H3,(H,29,34)(H,30,33). The molecule has 35 heavy (non-hydrogen) atoms. The average molecular weight is 500 g/mol. The Hall–Kier alpha value is -3.06. The first-order valence-corrected chi connectivity index (χ1v) is 12.2. The van der Waals surface area contributed by atoms with Crippen molar-refractivity contribution >= 4 is 35.2 Å². The molecule has 0 heterocycles. The number of benzene rings is 2. The number of carbonyl (C=O) groups is 3. The third-order valence-electron chi connectivity index (χ3n) is 5.85. The van der Waals surface area contributed by atoms with Crippen LogP contribution in [0, 0.1) is 20.8 Å². The first-order valence-electron chi connectivity index (χ1n) is 11.8. The summed E-state index contributed by atoms with van der Waals surface area (Å²) in [5.41, 5.74) is 3.46. The zero-order valence-electron chi connectivity index (χ0n) is 21.2. The van der Waals surface area contributed by atoms with Crippen LogP contribution in [0.5, 0.6) is 0 Å². The van der Waals surface area contributed by atoms with Crippen molar-refractivity contribution < 1.29 is 19.1 Å². The van der Waals surface area contributed by atoms with Crippen LogP contribution in [0.15, 0.2) is 36.4 Å². The molecule has 0 bridgehead atoms. The number of alkyl carbamates (subject to hydrolysis) is 1. The molecule has 7 nitrogen and oxygen atoms in total. The topological polar surface area (TPSA) is 87.7 Å². The lowest BCUT2D eigenvalue weighted by atomic mass is 9.98. The summed E-state index contributed by atoms with van der Waals surface area (Å²) in [6, 6.07) is 10.2. The minimum absolute atomic E-state index is 0.0902. The van der Waals surface area contributed by atoms with E-state index in [9.17, 15) is 14.4 Å². The van der Waals surface area contributed by atoms with Crippen LogP contribution in [-0.2, 0) is 14.3 Å². The van der Waals surface area contributed by atoms with Gasteiger partial charge >= 0.3 is 6.09 Å². The Morgan fingerprint density at radius 3 is 2.31 bits per heavy atom. The highest BCUT2D eigenvalue weighted by Crippen LogP contribution is 2.37. The first kappa shape index (κ1) is 26.5. The summed E-state index contributed by atoms with van der Waals surface area (Å²) in [5, 5.41) is 5.90. The second-order valence-electron chi connectivity index (χ2n) is 10.1. The molecule has 0 saturated heterocycles. The number of nitrogens with one attached hydrogen (secondary N) is 2. The van der Waals surface area contributed by atoms with Crippen LogP contribution in [0.1, 0.15) is 61.9 Å². The molecule has 1 fully saturated rings. The third-order valence-corrected chi connectivity index (χ3v) is 6.17. The van der Waals surface area contributed by atoms with E-state index in [1.807, 2.05) is 51.1 Å². The molecule has 2 N–H and O–H groups in total. The van der Waals surface area contributed by atoms with Crippen molar-refractivity contribution in [1.29, 1.82) is 0 Å². The Morgan fingerprint density at radius 1 is 1.06 bits per heavy atom. The van der Waals surface area contributed by atoms with Crippen LogP contribution in [0.2, 0.25) is 5.02 Å². The summed E-state index contributed by atoms with van der Waals surface area (Å²) < 4.78 is 5.26. The number of carbonyl (C=O) groups excluding carboxylic acids is 3. The molecule has 3 rings (SSSR count). The maximum Gasteiger partial charge on any atom is 0.408 e. The highest BCUT2D eigenvalue weighted by Gasteiger charge is 2.41. The van der Waals surface area contributed by atoms with Gasteiger partial charge in [-0.05, 0) is 82.7 Å². The minimum Gasteiger partial charge on any atom is -0.444 e. The monoisotopic (exact) mass is 499 g/mol. The fourth-order valence-electron chi connectivity index (χ4n) is 3.82. The number of rotatable bonds is 7. The van der Waals surface area contributed by atoms with Gasteiger partial charge in [0, 0.05) is 6.04 Å². The number of aryl methyl sites for hydroxylation is 3. The van der Waals surface area contributed by atoms with Crippen LogP contribution < -0.4 is 10.6 Å². The zero-order chi connectivity index (χ0) is 25.9. The molecular formula is C27H34ClN3O4. The predicted molar refractivity (Wildman–Crippen MR) is 138 cm³/mol. The van der Waals surface area contributed by atoms with Crippen LogP contribution in [0.4, 0.5) is 10.5 Å². The summed E-state index contributed by atoms with van der Waals surface area (Å²) in [6.07, 6.45) is 0.899. The molecule has 0 aromatic heterocycles. The molecule has 0 spiro atoms. The van der Waals surface area contributed by atoms with Crippen molar-refractivity contribution in [2.45, 2.75) is 72.1 Å². The van der Waals surface area contributed by atoms with Crippen LogP contribution in [0.25, 0.3) is 0 Å². The SMILES string of the molecule is Cc1ccc(C(C(=O)Nc2c(C)cccc2Cl)N(C(=O)CNC(=O)OC(C)(C)C)C2CC2)cc1C. The van der Waals surface area contributed by atoms with Gasteiger partial charge in [0.1, 0.15) is 18.2 Å². The van der Waals surface area contributed by atoms with Crippen molar-refractivity contribution in [1.82, 2.24) is 10.2 Å². The van der Waals surface area contributed by atoms with Crippen molar-refractivity contribution in [2.75, 3.05) is 11.9 Å². The molecule has 1 unspecified atom stereocenters. The molecule has 1 atom stereocenters. The van der Waals surface area contributed by atoms with Crippen molar-refractivity contribution in [3.05, 3.63) is 63.7 Å². The quantitative estimate of drug-likeness (QED) is 0.529. The van der Waals surface area contributed by atoms with Crippen molar-refractivity contribution in [3.63, 3.8) is 0 Å². The van der Waals surface area contributed by atoms with E-state index < -0.39 is 17.7 Å². The number of anilines is 1. The number of amides is 3. The lowest BCUT2D eigenvalue weighted by molar-refractivity contribution is -0.138. The normalized spacial score (nSPS) is 14.1. The van der Waals surface area contributed by atoms with Crippen molar-refractivity contribution in [2.24, 2.45) is 0 Å². The fraction of sp³-hybridized carbons (Fsp3) is 0.444. The minimum atomic E-state index is -0.884. The molecule has 188 valence electrons. The molecule has 2 aromatic rings. The highest BCUT2D eigenvalue weighted by atomic mass is 35.5. The number of ether oxygens (including phenoxy) is 1. The van der Waals surface area contributed by atoms with E-state index in [0.29, 0.717) is 16.3 Å². The third kappa shape index (κ3) is 6.98. The zero-order valence-corrected chi connectivity index (χ0v) is 22.0. The molecule has 8 heteroatoms. The van der Waals surface area contributed by atoms with Gasteiger partial charge in [-0.2, -0.15) is 0 Å². The van der Waals surface area contributed by atoms with Gasteiger partial charge in [0.05, 0.1) is 10.7 Å². The van der Waals surface area contributed by atoms with Gasteiger partial charge in [0.25, 0.3) is 5.91 Å². The Morgan fingerprint density at radius 2 is 1.74 bits per heavy atom. The number of hydrogen-bond acceptors (Lipinski definition) is 4. The summed E-state index contributed by atoms with van der Waals surface area (Å²) in [6.45, 7) is 10.8. The van der Waals surface area contributed by atoms with Gasteiger partial charge in [-0.15, -0.1) is 0 Å². The molecule has 1 aliphatic rings. The average Bonchev–Trinajstić information content (AvgIpc) is 3.59. The Labute approximate surface area is 212 Å². The summed E-state index contributed by atoms with van der Waals surface area (Å²) >= 11 is 6.37. The number of nitrogens with zero attached hydrogens (tertiary/aromatic N) is 1. The van der Waals surface area contributed by atoms with Gasteiger partial charge in [-0.3, -0.25) is 9.59 Å². The fourth-order valence-corrected chi connectivity index (χ4v) is 4.09. The molecule has 2 aromatic carbocycles. The highest BCUT2D eigenvalue weighted by molar-refractivity contribution is 6.34. The van der Waals surface area contributed by atoms with Gasteiger partial charge in [-0.25, -0.2) is 4.79 Å². The van der Waals surface area contributed by atoms with Gasteiger partial charge < -0.3 is 20.3 Å². The largest absolute Gasteiger partial charge is 0.444 e. The maximum atomic E-state index is 13.7. The van der Waals surface area contributed by atoms with Crippen LogP contribution in [-0.4, -0.2) is 41.0 Å². The van der Waals surface area contributed by atoms with Crippen LogP contribution in [0.3, 0.4) is 0 Å². The number of para-hydroxylation sites is 1. The van der Waals surface area contributed by atoms with Gasteiger partial charge in [-0.1, -0.05) is 41.9 Å². The predicted octanol–water partition coefficient (Wildman–Crippen LogP) is 5.46. The second-order valence-corrected chi connectivity index (χ2v) is 10.5. The van der Waals surface area contributed by atoms with Crippen molar-refractivity contribution in [3.8, 4) is 0 Å². The van der Waals surface area contributed by atoms with E-state index in [1.54, 1.807) is 31.7 Å². The van der Waals surface area contributed by atoms with Gasteiger partial charge in [0.15, 0.2) is 0 Å². The molecule has 1 aliphatic carbocycles. The van der Waals surface area contributed by atoms with Crippen LogP contribution >= 0.6 is 11.6 Å². The second kappa shape index (κ2) is 10.7. The molecule has 1 saturated carbocycles. The van der Waals surface area contributed by atoms with E-state index in [2.05, 4.69) is 10.6 Å². The lowest BCUT2D eigenvalue weighted by Crippen LogP contribution is -2.47. The maximum absolute atomic E-state index is 13.7. The number of hydrogen-bond donors (Lipinski definition) is 2. The van der Waals surface area contributed by atoms with E-state index in [1.165, 1.54) is 0 Å². The number of halogens is 1.